The molecule has 0 saturated heterocycles. The van der Waals surface area contributed by atoms with Gasteiger partial charge in [0.25, 0.3) is 0 Å². The highest BCUT2D eigenvalue weighted by Crippen LogP contribution is 2.42. The highest BCUT2D eigenvalue weighted by atomic mass is 19.2. The lowest BCUT2D eigenvalue weighted by atomic mass is 9.78. The average molecular weight is 255 g/mol. The van der Waals surface area contributed by atoms with E-state index in [0.29, 0.717) is 17.7 Å². The van der Waals surface area contributed by atoms with E-state index >= 15 is 0 Å². The van der Waals surface area contributed by atoms with Crippen molar-refractivity contribution in [3.05, 3.63) is 34.9 Å². The Bertz CT molecular complexity index is 428. The van der Waals surface area contributed by atoms with Gasteiger partial charge in [-0.1, -0.05) is 12.8 Å². The molecule has 0 aromatic heterocycles. The van der Waals surface area contributed by atoms with Crippen LogP contribution in [0.4, 0.5) is 8.78 Å². The average Bonchev–Trinajstić information content (AvgIpc) is 2.83. The van der Waals surface area contributed by atoms with Gasteiger partial charge in [0.2, 0.25) is 0 Å². The molecular formula is C14H19F2NO. The minimum atomic E-state index is -0.806. The van der Waals surface area contributed by atoms with E-state index in [1.54, 1.807) is 6.07 Å². The first kappa shape index (κ1) is 13.4. The second-order valence-electron chi connectivity index (χ2n) is 5.06. The molecule has 1 fully saturated rings. The van der Waals surface area contributed by atoms with Crippen molar-refractivity contribution in [2.24, 2.45) is 5.73 Å². The molecule has 0 unspecified atom stereocenters. The number of hydrogen-bond donors (Lipinski definition) is 1. The van der Waals surface area contributed by atoms with Crippen LogP contribution >= 0.6 is 0 Å². The molecule has 0 atom stereocenters. The van der Waals surface area contributed by atoms with E-state index in [2.05, 4.69) is 0 Å². The van der Waals surface area contributed by atoms with Gasteiger partial charge in [-0.25, -0.2) is 8.78 Å². The van der Waals surface area contributed by atoms with Crippen LogP contribution in [0.15, 0.2) is 12.1 Å². The van der Waals surface area contributed by atoms with Crippen LogP contribution < -0.4 is 5.73 Å². The summed E-state index contributed by atoms with van der Waals surface area (Å²) in [6.07, 6.45) is 3.70. The topological polar surface area (TPSA) is 35.2 Å². The molecule has 1 aromatic rings. The lowest BCUT2D eigenvalue weighted by molar-refractivity contribution is 0.184. The summed E-state index contributed by atoms with van der Waals surface area (Å²) in [7, 11) is 1.54. The van der Waals surface area contributed by atoms with Gasteiger partial charge in [-0.15, -0.1) is 0 Å². The van der Waals surface area contributed by atoms with Crippen molar-refractivity contribution >= 4 is 0 Å². The summed E-state index contributed by atoms with van der Waals surface area (Å²) < 4.78 is 32.7. The third-order valence-electron chi connectivity index (χ3n) is 3.92. The van der Waals surface area contributed by atoms with Crippen molar-refractivity contribution in [1.29, 1.82) is 0 Å². The van der Waals surface area contributed by atoms with E-state index < -0.39 is 17.0 Å². The Balaban J connectivity index is 2.47. The van der Waals surface area contributed by atoms with E-state index in [1.807, 2.05) is 0 Å². The highest BCUT2D eigenvalue weighted by molar-refractivity contribution is 5.34. The van der Waals surface area contributed by atoms with Gasteiger partial charge in [-0.2, -0.15) is 0 Å². The number of hydrogen-bond acceptors (Lipinski definition) is 2. The predicted octanol–water partition coefficient (Wildman–Crippen LogP) is 2.88. The molecule has 100 valence electrons. The zero-order valence-electron chi connectivity index (χ0n) is 10.6. The minimum absolute atomic E-state index is 0.283. The monoisotopic (exact) mass is 255 g/mol. The third kappa shape index (κ3) is 2.27. The van der Waals surface area contributed by atoms with E-state index in [-0.39, 0.29) is 6.61 Å². The fraction of sp³-hybridized carbons (Fsp3) is 0.571. The molecule has 0 aliphatic heterocycles. The fourth-order valence-corrected chi connectivity index (χ4v) is 2.92. The maximum atomic E-state index is 14.0. The van der Waals surface area contributed by atoms with E-state index in [1.165, 1.54) is 13.2 Å². The Morgan fingerprint density at radius 3 is 2.50 bits per heavy atom. The van der Waals surface area contributed by atoms with Crippen LogP contribution in [0, 0.1) is 11.6 Å². The molecule has 1 aromatic carbocycles. The Hall–Kier alpha value is -1.00. The smallest absolute Gasteiger partial charge is 0.162 e. The van der Waals surface area contributed by atoms with Gasteiger partial charge in [0.1, 0.15) is 0 Å². The lowest BCUT2D eigenvalue weighted by Gasteiger charge is -2.29. The molecule has 0 radical (unpaired) electrons. The van der Waals surface area contributed by atoms with Crippen LogP contribution in [-0.4, -0.2) is 13.7 Å². The molecule has 1 saturated carbocycles. The standard InChI is InChI=1S/C14H19F2NO/c1-18-8-10-6-11(13(16)12(15)7-10)14(9-17)4-2-3-5-14/h6-7H,2-5,8-9,17H2,1H3. The van der Waals surface area contributed by atoms with Gasteiger partial charge >= 0.3 is 0 Å². The molecule has 0 heterocycles. The summed E-state index contributed by atoms with van der Waals surface area (Å²) in [4.78, 5) is 0. The summed E-state index contributed by atoms with van der Waals surface area (Å²) >= 11 is 0. The summed E-state index contributed by atoms with van der Waals surface area (Å²) in [5.41, 5.74) is 6.51. The number of rotatable bonds is 4. The van der Waals surface area contributed by atoms with Crippen molar-refractivity contribution in [3.8, 4) is 0 Å². The zero-order chi connectivity index (χ0) is 13.2. The molecule has 4 heteroatoms. The van der Waals surface area contributed by atoms with Gasteiger partial charge in [0, 0.05) is 19.1 Å². The van der Waals surface area contributed by atoms with Crippen LogP contribution in [0.1, 0.15) is 36.8 Å². The van der Waals surface area contributed by atoms with Crippen LogP contribution in [-0.2, 0) is 16.8 Å². The molecule has 1 aliphatic carbocycles. The Morgan fingerprint density at radius 2 is 1.94 bits per heavy atom. The lowest BCUT2D eigenvalue weighted by Crippen LogP contribution is -2.33. The van der Waals surface area contributed by atoms with E-state index in [0.717, 1.165) is 25.7 Å². The summed E-state index contributed by atoms with van der Waals surface area (Å²) in [6.45, 7) is 0.643. The first-order chi connectivity index (χ1) is 8.63. The predicted molar refractivity (Wildman–Crippen MR) is 66.3 cm³/mol. The molecule has 0 spiro atoms. The van der Waals surface area contributed by atoms with Crippen LogP contribution in [0.3, 0.4) is 0 Å². The molecule has 0 amide bonds. The van der Waals surface area contributed by atoms with Gasteiger partial charge in [0.05, 0.1) is 6.61 Å². The summed E-state index contributed by atoms with van der Waals surface area (Å²) in [5, 5.41) is 0. The van der Waals surface area contributed by atoms with Gasteiger partial charge in [-0.05, 0) is 36.1 Å². The van der Waals surface area contributed by atoms with Crippen LogP contribution in [0.25, 0.3) is 0 Å². The quantitative estimate of drug-likeness (QED) is 0.897. The number of ether oxygens (including phenoxy) is 1. The largest absolute Gasteiger partial charge is 0.380 e. The maximum Gasteiger partial charge on any atom is 0.162 e. The maximum absolute atomic E-state index is 14.0. The summed E-state index contributed by atoms with van der Waals surface area (Å²) in [6, 6.07) is 2.90. The SMILES string of the molecule is COCc1cc(F)c(F)c(C2(CN)CCCC2)c1. The third-order valence-corrected chi connectivity index (χ3v) is 3.92. The molecule has 2 rings (SSSR count). The Labute approximate surface area is 106 Å². The van der Waals surface area contributed by atoms with Crippen molar-refractivity contribution in [2.75, 3.05) is 13.7 Å². The van der Waals surface area contributed by atoms with Crippen LogP contribution in [0.5, 0.6) is 0 Å². The van der Waals surface area contributed by atoms with Crippen molar-refractivity contribution in [2.45, 2.75) is 37.7 Å². The van der Waals surface area contributed by atoms with Crippen molar-refractivity contribution < 1.29 is 13.5 Å². The molecule has 18 heavy (non-hydrogen) atoms. The normalized spacial score (nSPS) is 18.2. The van der Waals surface area contributed by atoms with Crippen molar-refractivity contribution in [3.63, 3.8) is 0 Å². The number of methoxy groups -OCH3 is 1. The second kappa shape index (κ2) is 5.33. The molecule has 2 N–H and O–H groups in total. The fourth-order valence-electron chi connectivity index (χ4n) is 2.92. The Morgan fingerprint density at radius 1 is 1.28 bits per heavy atom. The molecule has 2 nitrogen and oxygen atoms in total. The Kier molecular flexibility index (Phi) is 3.97. The van der Waals surface area contributed by atoms with Gasteiger partial charge < -0.3 is 10.5 Å². The summed E-state index contributed by atoms with van der Waals surface area (Å²) in [5.74, 6) is -1.55. The van der Waals surface area contributed by atoms with E-state index in [9.17, 15) is 8.78 Å². The van der Waals surface area contributed by atoms with Gasteiger partial charge in [0.15, 0.2) is 11.6 Å². The van der Waals surface area contributed by atoms with Crippen LogP contribution in [0.2, 0.25) is 0 Å². The highest BCUT2D eigenvalue weighted by Gasteiger charge is 2.37. The van der Waals surface area contributed by atoms with E-state index in [4.69, 9.17) is 10.5 Å². The second-order valence-corrected chi connectivity index (χ2v) is 5.06. The number of nitrogens with two attached hydrogens (primary N) is 1. The first-order valence-electron chi connectivity index (χ1n) is 6.30. The molecular weight excluding hydrogens is 236 g/mol. The van der Waals surface area contributed by atoms with Crippen molar-refractivity contribution in [1.82, 2.24) is 0 Å². The molecule has 0 bridgehead atoms. The molecule has 1 aliphatic rings. The van der Waals surface area contributed by atoms with Gasteiger partial charge in [-0.3, -0.25) is 0 Å². The number of halogens is 2. The minimum Gasteiger partial charge on any atom is -0.380 e. The first-order valence-corrected chi connectivity index (χ1v) is 6.30. The number of benzene rings is 1. The zero-order valence-corrected chi connectivity index (χ0v) is 10.6.